The molecular formula is C15H19N5O2. The van der Waals surface area contributed by atoms with Crippen molar-refractivity contribution in [2.45, 2.75) is 38.8 Å². The van der Waals surface area contributed by atoms with Crippen LogP contribution in [0.3, 0.4) is 0 Å². The first-order valence-electron chi connectivity index (χ1n) is 7.78. The summed E-state index contributed by atoms with van der Waals surface area (Å²) in [6.45, 7) is 3.61. The molecule has 1 N–H and O–H groups in total. The Balaban J connectivity index is 1.52. The third-order valence-corrected chi connectivity index (χ3v) is 4.34. The number of anilines is 1. The Labute approximate surface area is 128 Å². The minimum Gasteiger partial charge on any atom is -0.478 e. The molecule has 1 amide bonds. The molecule has 22 heavy (non-hydrogen) atoms. The standard InChI is InChI=1S/C15H19N5O2/c1-10(11-3-4-11)20-13(5-6-16-20)17-15(21)12-9-14-19(18-12)7-2-8-22-14/h5-6,9-11H,2-4,7-8H2,1H3,(H,17,21). The van der Waals surface area contributed by atoms with Crippen LogP contribution in [-0.2, 0) is 6.54 Å². The second-order valence-corrected chi connectivity index (χ2v) is 5.99. The largest absolute Gasteiger partial charge is 0.478 e. The summed E-state index contributed by atoms with van der Waals surface area (Å²) in [6, 6.07) is 3.83. The van der Waals surface area contributed by atoms with E-state index in [0.29, 0.717) is 30.1 Å². The highest BCUT2D eigenvalue weighted by Crippen LogP contribution is 2.40. The average Bonchev–Trinajstić information content (AvgIpc) is 3.12. The molecule has 2 aromatic heterocycles. The van der Waals surface area contributed by atoms with Gasteiger partial charge in [-0.15, -0.1) is 0 Å². The Kier molecular flexibility index (Phi) is 3.13. The number of hydrogen-bond donors (Lipinski definition) is 1. The Morgan fingerprint density at radius 3 is 3.14 bits per heavy atom. The monoisotopic (exact) mass is 301 g/mol. The van der Waals surface area contributed by atoms with Crippen molar-refractivity contribution >= 4 is 11.7 Å². The summed E-state index contributed by atoms with van der Waals surface area (Å²) in [5.74, 6) is 1.83. The lowest BCUT2D eigenvalue weighted by molar-refractivity contribution is 0.102. The van der Waals surface area contributed by atoms with Crippen LogP contribution in [0.4, 0.5) is 5.82 Å². The van der Waals surface area contributed by atoms with Crippen LogP contribution < -0.4 is 10.1 Å². The molecule has 116 valence electrons. The van der Waals surface area contributed by atoms with Crippen molar-refractivity contribution in [3.63, 3.8) is 0 Å². The fourth-order valence-corrected chi connectivity index (χ4v) is 2.87. The van der Waals surface area contributed by atoms with Gasteiger partial charge in [0, 0.05) is 25.1 Å². The summed E-state index contributed by atoms with van der Waals surface area (Å²) >= 11 is 0. The first-order chi connectivity index (χ1) is 10.7. The molecule has 7 heteroatoms. The average molecular weight is 301 g/mol. The van der Waals surface area contributed by atoms with Crippen LogP contribution in [0.5, 0.6) is 5.88 Å². The highest BCUT2D eigenvalue weighted by molar-refractivity contribution is 6.02. The van der Waals surface area contributed by atoms with Gasteiger partial charge in [-0.3, -0.25) is 4.79 Å². The predicted octanol–water partition coefficient (Wildman–Crippen LogP) is 2.09. The lowest BCUT2D eigenvalue weighted by atomic mass is 10.2. The van der Waals surface area contributed by atoms with Crippen molar-refractivity contribution in [2.24, 2.45) is 5.92 Å². The first kappa shape index (κ1) is 13.4. The summed E-state index contributed by atoms with van der Waals surface area (Å²) in [4.78, 5) is 12.4. The van der Waals surface area contributed by atoms with Crippen molar-refractivity contribution in [3.8, 4) is 5.88 Å². The molecule has 1 aliphatic heterocycles. The zero-order chi connectivity index (χ0) is 15.1. The van der Waals surface area contributed by atoms with Crippen molar-refractivity contribution in [1.29, 1.82) is 0 Å². The van der Waals surface area contributed by atoms with Gasteiger partial charge in [-0.05, 0) is 25.7 Å². The Morgan fingerprint density at radius 1 is 1.50 bits per heavy atom. The summed E-state index contributed by atoms with van der Waals surface area (Å²) in [5.41, 5.74) is 0.378. The summed E-state index contributed by atoms with van der Waals surface area (Å²) in [7, 11) is 0. The van der Waals surface area contributed by atoms with Gasteiger partial charge in [0.05, 0.1) is 18.8 Å². The molecule has 2 aromatic rings. The fraction of sp³-hybridized carbons (Fsp3) is 0.533. The van der Waals surface area contributed by atoms with Gasteiger partial charge in [-0.25, -0.2) is 9.36 Å². The summed E-state index contributed by atoms with van der Waals surface area (Å²) in [6.07, 6.45) is 5.11. The quantitative estimate of drug-likeness (QED) is 0.938. The number of aryl methyl sites for hydroxylation is 1. The minimum absolute atomic E-state index is 0.227. The van der Waals surface area contributed by atoms with E-state index in [-0.39, 0.29) is 5.91 Å². The van der Waals surface area contributed by atoms with Crippen molar-refractivity contribution in [1.82, 2.24) is 19.6 Å². The van der Waals surface area contributed by atoms with Crippen LogP contribution in [-0.4, -0.2) is 32.1 Å². The Hall–Kier alpha value is -2.31. The lowest BCUT2D eigenvalue weighted by Gasteiger charge is -2.14. The molecule has 0 radical (unpaired) electrons. The van der Waals surface area contributed by atoms with Gasteiger partial charge in [-0.1, -0.05) is 0 Å². The molecular weight excluding hydrogens is 282 g/mol. The summed E-state index contributed by atoms with van der Waals surface area (Å²) < 4.78 is 9.12. The number of hydrogen-bond acceptors (Lipinski definition) is 4. The van der Waals surface area contributed by atoms with Gasteiger partial charge in [0.1, 0.15) is 5.82 Å². The Morgan fingerprint density at radius 2 is 2.36 bits per heavy atom. The van der Waals surface area contributed by atoms with E-state index in [1.54, 1.807) is 16.9 Å². The van der Waals surface area contributed by atoms with Gasteiger partial charge in [0.2, 0.25) is 5.88 Å². The van der Waals surface area contributed by atoms with Crippen molar-refractivity contribution < 1.29 is 9.53 Å². The van der Waals surface area contributed by atoms with Crippen LogP contribution in [0, 0.1) is 5.92 Å². The normalized spacial score (nSPS) is 18.4. The van der Waals surface area contributed by atoms with Gasteiger partial charge < -0.3 is 10.1 Å². The summed E-state index contributed by atoms with van der Waals surface area (Å²) in [5, 5.41) is 11.6. The fourth-order valence-electron chi connectivity index (χ4n) is 2.87. The zero-order valence-electron chi connectivity index (χ0n) is 12.5. The molecule has 0 bridgehead atoms. The van der Waals surface area contributed by atoms with E-state index in [0.717, 1.165) is 18.8 Å². The molecule has 4 rings (SSSR count). The van der Waals surface area contributed by atoms with Crippen LogP contribution in [0.15, 0.2) is 18.3 Å². The van der Waals surface area contributed by atoms with Crippen LogP contribution in [0.1, 0.15) is 42.7 Å². The number of nitrogens with one attached hydrogen (secondary N) is 1. The van der Waals surface area contributed by atoms with Crippen molar-refractivity contribution in [2.75, 3.05) is 11.9 Å². The molecule has 1 atom stereocenters. The van der Waals surface area contributed by atoms with E-state index in [1.807, 2.05) is 10.7 Å². The van der Waals surface area contributed by atoms with E-state index in [9.17, 15) is 4.79 Å². The maximum absolute atomic E-state index is 12.4. The number of carbonyl (C=O) groups is 1. The van der Waals surface area contributed by atoms with E-state index < -0.39 is 0 Å². The third kappa shape index (κ3) is 2.36. The van der Waals surface area contributed by atoms with E-state index >= 15 is 0 Å². The number of ether oxygens (including phenoxy) is 1. The molecule has 1 saturated carbocycles. The highest BCUT2D eigenvalue weighted by atomic mass is 16.5. The molecule has 3 heterocycles. The number of fused-ring (bicyclic) bond motifs is 1. The SMILES string of the molecule is CC(C1CC1)n1nccc1NC(=O)c1cc2n(n1)CCCO2. The molecule has 7 nitrogen and oxygen atoms in total. The van der Waals surface area contributed by atoms with Crippen LogP contribution >= 0.6 is 0 Å². The molecule has 1 fully saturated rings. The number of rotatable bonds is 4. The second-order valence-electron chi connectivity index (χ2n) is 5.99. The van der Waals surface area contributed by atoms with E-state index in [2.05, 4.69) is 22.4 Å². The third-order valence-electron chi connectivity index (χ3n) is 4.34. The molecule has 0 saturated heterocycles. The molecule has 1 aliphatic carbocycles. The molecule has 0 spiro atoms. The van der Waals surface area contributed by atoms with Gasteiger partial charge in [-0.2, -0.15) is 10.2 Å². The van der Waals surface area contributed by atoms with Crippen LogP contribution in [0.2, 0.25) is 0 Å². The van der Waals surface area contributed by atoms with E-state index in [4.69, 9.17) is 4.74 Å². The zero-order valence-corrected chi connectivity index (χ0v) is 12.5. The molecule has 1 unspecified atom stereocenters. The predicted molar refractivity (Wildman–Crippen MR) is 80.0 cm³/mol. The first-order valence-corrected chi connectivity index (χ1v) is 7.78. The number of aromatic nitrogens is 4. The van der Waals surface area contributed by atoms with Gasteiger partial charge >= 0.3 is 0 Å². The molecule has 0 aromatic carbocycles. The van der Waals surface area contributed by atoms with Crippen molar-refractivity contribution in [3.05, 3.63) is 24.0 Å². The lowest BCUT2D eigenvalue weighted by Crippen LogP contribution is -2.19. The maximum Gasteiger partial charge on any atom is 0.277 e. The number of carbonyl (C=O) groups excluding carboxylic acids is 1. The Bertz CT molecular complexity index is 677. The van der Waals surface area contributed by atoms with Gasteiger partial charge in [0.25, 0.3) is 5.91 Å². The number of nitrogens with zero attached hydrogens (tertiary/aromatic N) is 4. The van der Waals surface area contributed by atoms with Gasteiger partial charge in [0.15, 0.2) is 5.69 Å². The highest BCUT2D eigenvalue weighted by Gasteiger charge is 2.31. The number of amides is 1. The molecule has 2 aliphatic rings. The topological polar surface area (TPSA) is 74.0 Å². The smallest absolute Gasteiger partial charge is 0.277 e. The maximum atomic E-state index is 12.4. The van der Waals surface area contributed by atoms with Crippen LogP contribution in [0.25, 0.3) is 0 Å². The van der Waals surface area contributed by atoms with E-state index in [1.165, 1.54) is 12.8 Å². The second kappa shape index (κ2) is 5.15. The minimum atomic E-state index is -0.227.